The summed E-state index contributed by atoms with van der Waals surface area (Å²) in [4.78, 5) is 4.51. The number of nitrogens with zero attached hydrogens (tertiary/aromatic N) is 4. The molecule has 0 radical (unpaired) electrons. The minimum atomic E-state index is 0.564. The zero-order chi connectivity index (χ0) is 34.5. The highest BCUT2D eigenvalue weighted by atomic mass is 16.5. The molecule has 0 spiro atoms. The number of rotatable bonds is 4. The van der Waals surface area contributed by atoms with Crippen LogP contribution >= 0.6 is 0 Å². The Balaban J connectivity index is 1.46. The van der Waals surface area contributed by atoms with E-state index in [4.69, 9.17) is 9.47 Å². The molecule has 0 aromatic heterocycles. The van der Waals surface area contributed by atoms with Gasteiger partial charge in [0.05, 0.1) is 57.4 Å². The third kappa shape index (κ3) is 4.86. The SMILES string of the molecule is Cc1c(-c2cccc(C#N)c2)c(N2c3ccccc3Oc3ccccc32)cc(N2c3ccccc3Oc3ccccc32)c1-c1cccc(C#N)c1. The number of para-hydroxylation sites is 8. The van der Waals surface area contributed by atoms with Gasteiger partial charge in [0, 0.05) is 11.1 Å². The van der Waals surface area contributed by atoms with Crippen LogP contribution in [0.2, 0.25) is 0 Å². The van der Waals surface area contributed by atoms with Gasteiger partial charge in [-0.2, -0.15) is 10.5 Å². The van der Waals surface area contributed by atoms with E-state index in [2.05, 4.69) is 71.3 Å². The van der Waals surface area contributed by atoms with Gasteiger partial charge >= 0.3 is 0 Å². The Morgan fingerprint density at radius 2 is 0.765 bits per heavy atom. The van der Waals surface area contributed by atoms with Crippen LogP contribution in [-0.2, 0) is 0 Å². The molecule has 6 nitrogen and oxygen atoms in total. The molecule has 0 aliphatic carbocycles. The van der Waals surface area contributed by atoms with Gasteiger partial charge < -0.3 is 19.3 Å². The van der Waals surface area contributed by atoms with Gasteiger partial charge in [-0.1, -0.05) is 72.8 Å². The van der Waals surface area contributed by atoms with E-state index in [0.29, 0.717) is 11.1 Å². The summed E-state index contributed by atoms with van der Waals surface area (Å²) in [5.41, 5.74) is 11.2. The maximum atomic E-state index is 10.0. The van der Waals surface area contributed by atoms with Crippen molar-refractivity contribution in [1.82, 2.24) is 0 Å². The summed E-state index contributed by atoms with van der Waals surface area (Å²) in [5.74, 6) is 2.94. The van der Waals surface area contributed by atoms with Crippen LogP contribution in [0.5, 0.6) is 23.0 Å². The van der Waals surface area contributed by atoms with Gasteiger partial charge in [-0.05, 0) is 102 Å². The minimum Gasteiger partial charge on any atom is -0.453 e. The zero-order valence-electron chi connectivity index (χ0n) is 27.5. The summed E-state index contributed by atoms with van der Waals surface area (Å²) in [6.45, 7) is 2.13. The topological polar surface area (TPSA) is 72.5 Å². The molecule has 0 amide bonds. The molecule has 0 unspecified atom stereocenters. The van der Waals surface area contributed by atoms with Crippen LogP contribution in [0, 0.1) is 29.6 Å². The maximum absolute atomic E-state index is 10.0. The Bertz CT molecular complexity index is 2350. The summed E-state index contributed by atoms with van der Waals surface area (Å²) in [5, 5.41) is 20.0. The molecule has 7 aromatic carbocycles. The second-order valence-corrected chi connectivity index (χ2v) is 12.4. The Morgan fingerprint density at radius 3 is 1.12 bits per heavy atom. The Kier molecular flexibility index (Phi) is 7.02. The van der Waals surface area contributed by atoms with Gasteiger partial charge in [-0.3, -0.25) is 0 Å². The van der Waals surface area contributed by atoms with Crippen molar-refractivity contribution in [2.24, 2.45) is 0 Å². The molecule has 51 heavy (non-hydrogen) atoms. The summed E-state index contributed by atoms with van der Waals surface area (Å²) in [6, 6.07) is 54.6. The normalized spacial score (nSPS) is 12.2. The van der Waals surface area contributed by atoms with E-state index in [1.54, 1.807) is 0 Å². The first kappa shape index (κ1) is 29.8. The molecule has 240 valence electrons. The molecule has 6 heteroatoms. The lowest BCUT2D eigenvalue weighted by Gasteiger charge is -2.38. The summed E-state index contributed by atoms with van der Waals surface area (Å²) in [6.07, 6.45) is 0. The Hall–Kier alpha value is -7.28. The molecule has 2 heterocycles. The van der Waals surface area contributed by atoms with Crippen molar-refractivity contribution in [2.75, 3.05) is 9.80 Å². The third-order valence-electron chi connectivity index (χ3n) is 9.44. The monoisotopic (exact) mass is 656 g/mol. The highest BCUT2D eigenvalue weighted by Crippen LogP contribution is 2.58. The molecule has 0 saturated heterocycles. The molecule has 0 saturated carbocycles. The molecule has 0 fully saturated rings. The number of fused-ring (bicyclic) bond motifs is 4. The number of ether oxygens (including phenoxy) is 2. The van der Waals surface area contributed by atoms with E-state index in [1.165, 1.54) is 0 Å². The number of nitriles is 2. The first-order valence-corrected chi connectivity index (χ1v) is 16.6. The zero-order valence-corrected chi connectivity index (χ0v) is 27.5. The Labute approximate surface area is 295 Å². The highest BCUT2D eigenvalue weighted by Gasteiger charge is 2.34. The summed E-state index contributed by atoms with van der Waals surface area (Å²) in [7, 11) is 0. The molecule has 0 N–H and O–H groups in total. The van der Waals surface area contributed by atoms with Crippen LogP contribution in [0.25, 0.3) is 22.3 Å². The lowest BCUT2D eigenvalue weighted by Crippen LogP contribution is -2.20. The molecular weight excluding hydrogens is 629 g/mol. The highest BCUT2D eigenvalue weighted by molar-refractivity contribution is 6.03. The van der Waals surface area contributed by atoms with Gasteiger partial charge in [0.25, 0.3) is 0 Å². The lowest BCUT2D eigenvalue weighted by atomic mass is 9.87. The molecule has 2 aliphatic rings. The number of benzene rings is 7. The van der Waals surface area contributed by atoms with E-state index < -0.39 is 0 Å². The van der Waals surface area contributed by atoms with Crippen molar-refractivity contribution in [3.63, 3.8) is 0 Å². The van der Waals surface area contributed by atoms with Crippen molar-refractivity contribution in [2.45, 2.75) is 6.92 Å². The fourth-order valence-corrected chi connectivity index (χ4v) is 7.28. The van der Waals surface area contributed by atoms with Crippen molar-refractivity contribution >= 4 is 34.1 Å². The van der Waals surface area contributed by atoms with Crippen LogP contribution in [-0.4, -0.2) is 0 Å². The predicted octanol–water partition coefficient (Wildman–Crippen LogP) is 12.2. The fraction of sp³-hybridized carbons (Fsp3) is 0.0222. The Morgan fingerprint density at radius 1 is 0.412 bits per heavy atom. The second kappa shape index (κ2) is 12.0. The van der Waals surface area contributed by atoms with E-state index in [-0.39, 0.29) is 0 Å². The van der Waals surface area contributed by atoms with Gasteiger partial charge in [0.2, 0.25) is 0 Å². The van der Waals surface area contributed by atoms with Crippen LogP contribution in [0.15, 0.2) is 152 Å². The van der Waals surface area contributed by atoms with E-state index in [1.807, 2.05) is 109 Å². The average Bonchev–Trinajstić information content (AvgIpc) is 3.18. The number of hydrogen-bond acceptors (Lipinski definition) is 6. The van der Waals surface area contributed by atoms with Gasteiger partial charge in [0.1, 0.15) is 0 Å². The first-order chi connectivity index (χ1) is 25.1. The molecule has 2 aliphatic heterocycles. The number of hydrogen-bond donors (Lipinski definition) is 0. The quantitative estimate of drug-likeness (QED) is 0.188. The largest absolute Gasteiger partial charge is 0.453 e. The summed E-state index contributed by atoms with van der Waals surface area (Å²) >= 11 is 0. The van der Waals surface area contributed by atoms with E-state index >= 15 is 0 Å². The number of anilines is 6. The average molecular weight is 657 g/mol. The van der Waals surface area contributed by atoms with Crippen molar-refractivity contribution < 1.29 is 9.47 Å². The van der Waals surface area contributed by atoms with Gasteiger partial charge in [-0.25, -0.2) is 0 Å². The molecule has 7 aromatic rings. The fourth-order valence-electron chi connectivity index (χ4n) is 7.28. The lowest BCUT2D eigenvalue weighted by molar-refractivity contribution is 0.477. The molecule has 9 rings (SSSR count). The van der Waals surface area contributed by atoms with Gasteiger partial charge in [0.15, 0.2) is 23.0 Å². The molecule has 0 atom stereocenters. The van der Waals surface area contributed by atoms with E-state index in [0.717, 1.165) is 84.9 Å². The van der Waals surface area contributed by atoms with Crippen molar-refractivity contribution in [3.8, 4) is 57.4 Å². The van der Waals surface area contributed by atoms with E-state index in [9.17, 15) is 10.5 Å². The second-order valence-electron chi connectivity index (χ2n) is 12.4. The molecule has 0 bridgehead atoms. The van der Waals surface area contributed by atoms with Crippen LogP contribution in [0.3, 0.4) is 0 Å². The maximum Gasteiger partial charge on any atom is 0.151 e. The standard InChI is InChI=1S/C45H28N4O2/c1-29-44(32-14-10-12-30(24-32)27-46)38(48-34-16-2-6-20-40(34)50-41-21-7-3-17-35(41)48)26-39(45(29)33-15-11-13-31(25-33)28-47)49-36-18-4-8-22-42(36)51-43-23-9-5-19-37(43)49/h2-26H,1H3. The summed E-state index contributed by atoms with van der Waals surface area (Å²) < 4.78 is 12.9. The van der Waals surface area contributed by atoms with Crippen LogP contribution in [0.4, 0.5) is 34.1 Å². The minimum absolute atomic E-state index is 0.564. The first-order valence-electron chi connectivity index (χ1n) is 16.6. The van der Waals surface area contributed by atoms with Crippen molar-refractivity contribution in [1.29, 1.82) is 10.5 Å². The smallest absolute Gasteiger partial charge is 0.151 e. The van der Waals surface area contributed by atoms with Gasteiger partial charge in [-0.15, -0.1) is 0 Å². The van der Waals surface area contributed by atoms with Crippen LogP contribution < -0.4 is 19.3 Å². The van der Waals surface area contributed by atoms with Crippen molar-refractivity contribution in [3.05, 3.63) is 168 Å². The van der Waals surface area contributed by atoms with Crippen LogP contribution in [0.1, 0.15) is 16.7 Å². The predicted molar refractivity (Wildman–Crippen MR) is 201 cm³/mol. The molecular formula is C45H28N4O2. The third-order valence-corrected chi connectivity index (χ3v) is 9.44.